The summed E-state index contributed by atoms with van der Waals surface area (Å²) in [4.78, 5) is 11.8. The van der Waals surface area contributed by atoms with Crippen molar-refractivity contribution in [1.29, 1.82) is 0 Å². The molecule has 2 N–H and O–H groups in total. The van der Waals surface area contributed by atoms with Crippen molar-refractivity contribution in [2.75, 3.05) is 13.7 Å². The number of carbonyl (C=O) groups excluding carboxylic acids is 1. The van der Waals surface area contributed by atoms with Gasteiger partial charge in [-0.2, -0.15) is 0 Å². The Balaban J connectivity index is 2.59. The Morgan fingerprint density at radius 2 is 1.89 bits per heavy atom. The van der Waals surface area contributed by atoms with Crippen molar-refractivity contribution in [3.8, 4) is 5.75 Å². The molecule has 0 aromatic heterocycles. The summed E-state index contributed by atoms with van der Waals surface area (Å²) in [6, 6.07) is 8.17. The van der Waals surface area contributed by atoms with Crippen molar-refractivity contribution in [3.05, 3.63) is 29.8 Å². The maximum Gasteiger partial charge on any atom is 0.234 e. The van der Waals surface area contributed by atoms with Crippen LogP contribution in [0.1, 0.15) is 38.8 Å². The van der Waals surface area contributed by atoms with Crippen molar-refractivity contribution in [1.82, 2.24) is 10.6 Å². The highest BCUT2D eigenvalue weighted by atomic mass is 16.5. The predicted molar refractivity (Wildman–Crippen MR) is 77.3 cm³/mol. The average molecular weight is 264 g/mol. The van der Waals surface area contributed by atoms with Crippen LogP contribution in [0.3, 0.4) is 0 Å². The van der Waals surface area contributed by atoms with E-state index in [2.05, 4.69) is 17.6 Å². The lowest BCUT2D eigenvalue weighted by molar-refractivity contribution is -0.121. The van der Waals surface area contributed by atoms with Gasteiger partial charge in [0.05, 0.1) is 19.7 Å². The second kappa shape index (κ2) is 7.79. The lowest BCUT2D eigenvalue weighted by atomic mass is 10.0. The Hall–Kier alpha value is -1.55. The number of nitrogens with one attached hydrogen (secondary N) is 2. The summed E-state index contributed by atoms with van der Waals surface area (Å²) in [5.74, 6) is 0.850. The zero-order chi connectivity index (χ0) is 14.3. The molecular weight excluding hydrogens is 240 g/mol. The molecule has 0 aliphatic heterocycles. The van der Waals surface area contributed by atoms with Gasteiger partial charge in [-0.3, -0.25) is 4.79 Å². The molecule has 0 saturated heterocycles. The molecule has 0 bridgehead atoms. The largest absolute Gasteiger partial charge is 0.497 e. The maximum absolute atomic E-state index is 11.8. The van der Waals surface area contributed by atoms with E-state index in [-0.39, 0.29) is 11.9 Å². The van der Waals surface area contributed by atoms with Crippen LogP contribution in [0.5, 0.6) is 5.75 Å². The van der Waals surface area contributed by atoms with E-state index in [1.165, 1.54) is 0 Å². The zero-order valence-corrected chi connectivity index (χ0v) is 12.2. The first kappa shape index (κ1) is 15.5. The maximum atomic E-state index is 11.8. The van der Waals surface area contributed by atoms with Crippen molar-refractivity contribution in [2.24, 2.45) is 0 Å². The van der Waals surface area contributed by atoms with Crippen LogP contribution in [0.25, 0.3) is 0 Å². The Morgan fingerprint density at radius 1 is 1.26 bits per heavy atom. The molecular formula is C15H24N2O2. The minimum atomic E-state index is 0.0244. The fraction of sp³-hybridized carbons (Fsp3) is 0.533. The first-order valence-electron chi connectivity index (χ1n) is 6.73. The first-order valence-corrected chi connectivity index (χ1v) is 6.73. The van der Waals surface area contributed by atoms with E-state index >= 15 is 0 Å². The van der Waals surface area contributed by atoms with Crippen LogP contribution in [0.2, 0.25) is 0 Å². The minimum absolute atomic E-state index is 0.0244. The van der Waals surface area contributed by atoms with Crippen LogP contribution in [-0.4, -0.2) is 25.6 Å². The smallest absolute Gasteiger partial charge is 0.234 e. The normalized spacial score (nSPS) is 12.3. The van der Waals surface area contributed by atoms with E-state index in [4.69, 9.17) is 4.74 Å². The minimum Gasteiger partial charge on any atom is -0.497 e. The molecule has 4 heteroatoms. The molecule has 19 heavy (non-hydrogen) atoms. The summed E-state index contributed by atoms with van der Waals surface area (Å²) in [5, 5.41) is 6.15. The number of ether oxygens (including phenoxy) is 1. The number of rotatable bonds is 7. The first-order chi connectivity index (χ1) is 9.06. The fourth-order valence-electron chi connectivity index (χ4n) is 1.80. The molecule has 4 nitrogen and oxygen atoms in total. The average Bonchev–Trinajstić information content (AvgIpc) is 2.42. The molecule has 1 amide bonds. The van der Waals surface area contributed by atoms with E-state index in [1.807, 2.05) is 38.1 Å². The van der Waals surface area contributed by atoms with E-state index < -0.39 is 0 Å². The van der Waals surface area contributed by atoms with Gasteiger partial charge in [0.2, 0.25) is 5.91 Å². The summed E-state index contributed by atoms with van der Waals surface area (Å²) in [6.45, 7) is 6.46. The van der Waals surface area contributed by atoms with Crippen LogP contribution >= 0.6 is 0 Å². The van der Waals surface area contributed by atoms with Gasteiger partial charge >= 0.3 is 0 Å². The monoisotopic (exact) mass is 264 g/mol. The van der Waals surface area contributed by atoms with Crippen LogP contribution < -0.4 is 15.4 Å². The van der Waals surface area contributed by atoms with E-state index in [0.717, 1.165) is 17.7 Å². The van der Waals surface area contributed by atoms with Gasteiger partial charge in [0.25, 0.3) is 0 Å². The summed E-state index contributed by atoms with van der Waals surface area (Å²) < 4.78 is 5.13. The number of amides is 1. The topological polar surface area (TPSA) is 50.4 Å². The Labute approximate surface area is 115 Å². The van der Waals surface area contributed by atoms with Crippen LogP contribution in [0.15, 0.2) is 24.3 Å². The Bertz CT molecular complexity index is 388. The summed E-state index contributed by atoms with van der Waals surface area (Å²) in [7, 11) is 1.64. The fourth-order valence-corrected chi connectivity index (χ4v) is 1.80. The molecule has 0 spiro atoms. The Kier molecular flexibility index (Phi) is 6.36. The number of hydrogen-bond acceptors (Lipinski definition) is 3. The van der Waals surface area contributed by atoms with Gasteiger partial charge in [-0.15, -0.1) is 0 Å². The van der Waals surface area contributed by atoms with Crippen LogP contribution in [0.4, 0.5) is 0 Å². The molecule has 0 radical (unpaired) electrons. The standard InChI is InChI=1S/C15H24N2O2/c1-5-14(17-15(18)10-16-11(2)3)12-6-8-13(19-4)9-7-12/h6-9,11,14,16H,5,10H2,1-4H3,(H,17,18). The van der Waals surface area contributed by atoms with E-state index in [0.29, 0.717) is 12.6 Å². The number of benzene rings is 1. The molecule has 0 aliphatic carbocycles. The Morgan fingerprint density at radius 3 is 2.37 bits per heavy atom. The third-order valence-corrected chi connectivity index (χ3v) is 2.93. The molecule has 0 heterocycles. The molecule has 1 rings (SSSR count). The zero-order valence-electron chi connectivity index (χ0n) is 12.2. The SMILES string of the molecule is CCC(NC(=O)CNC(C)C)c1ccc(OC)cc1. The highest BCUT2D eigenvalue weighted by Gasteiger charge is 2.12. The highest BCUT2D eigenvalue weighted by Crippen LogP contribution is 2.19. The van der Waals surface area contributed by atoms with Gasteiger partial charge in [0.15, 0.2) is 0 Å². The molecule has 1 unspecified atom stereocenters. The third-order valence-electron chi connectivity index (χ3n) is 2.93. The van der Waals surface area contributed by atoms with Gasteiger partial charge in [0, 0.05) is 6.04 Å². The molecule has 0 fully saturated rings. The lowest BCUT2D eigenvalue weighted by Gasteiger charge is -2.18. The van der Waals surface area contributed by atoms with Gasteiger partial charge in [-0.1, -0.05) is 32.9 Å². The molecule has 106 valence electrons. The second-order valence-corrected chi connectivity index (χ2v) is 4.84. The number of hydrogen-bond donors (Lipinski definition) is 2. The second-order valence-electron chi connectivity index (χ2n) is 4.84. The lowest BCUT2D eigenvalue weighted by Crippen LogP contribution is -2.38. The molecule has 1 aromatic rings. The number of methoxy groups -OCH3 is 1. The number of carbonyl (C=O) groups is 1. The van der Waals surface area contributed by atoms with Crippen LogP contribution in [-0.2, 0) is 4.79 Å². The van der Waals surface area contributed by atoms with Crippen LogP contribution in [0, 0.1) is 0 Å². The van der Waals surface area contributed by atoms with Crippen molar-refractivity contribution < 1.29 is 9.53 Å². The van der Waals surface area contributed by atoms with Gasteiger partial charge in [0.1, 0.15) is 5.75 Å². The molecule has 0 saturated carbocycles. The van der Waals surface area contributed by atoms with Gasteiger partial charge in [-0.25, -0.2) is 0 Å². The van der Waals surface area contributed by atoms with Crippen molar-refractivity contribution in [2.45, 2.75) is 39.3 Å². The molecule has 1 atom stereocenters. The predicted octanol–water partition coefficient (Wildman–Crippen LogP) is 2.26. The van der Waals surface area contributed by atoms with Gasteiger partial charge < -0.3 is 15.4 Å². The van der Waals surface area contributed by atoms with E-state index in [1.54, 1.807) is 7.11 Å². The van der Waals surface area contributed by atoms with Crippen molar-refractivity contribution in [3.63, 3.8) is 0 Å². The quantitative estimate of drug-likeness (QED) is 0.794. The third kappa shape index (κ3) is 5.30. The highest BCUT2D eigenvalue weighted by molar-refractivity contribution is 5.78. The summed E-state index contributed by atoms with van der Waals surface area (Å²) >= 11 is 0. The molecule has 0 aliphatic rings. The van der Waals surface area contributed by atoms with E-state index in [9.17, 15) is 4.79 Å². The van der Waals surface area contributed by atoms with Crippen molar-refractivity contribution >= 4 is 5.91 Å². The molecule has 1 aromatic carbocycles. The van der Waals surface area contributed by atoms with Gasteiger partial charge in [-0.05, 0) is 24.1 Å². The summed E-state index contributed by atoms with van der Waals surface area (Å²) in [5.41, 5.74) is 1.10. The summed E-state index contributed by atoms with van der Waals surface area (Å²) in [6.07, 6.45) is 0.861.